The van der Waals surface area contributed by atoms with E-state index in [1.807, 2.05) is 6.92 Å². The van der Waals surface area contributed by atoms with E-state index in [4.69, 9.17) is 4.74 Å². The van der Waals surface area contributed by atoms with Gasteiger partial charge >= 0.3 is 5.97 Å². The lowest BCUT2D eigenvalue weighted by Gasteiger charge is -2.38. The van der Waals surface area contributed by atoms with Crippen LogP contribution in [0.5, 0.6) is 0 Å². The molecule has 1 rings (SSSR count). The maximum Gasteiger partial charge on any atom is 0.309 e. The van der Waals surface area contributed by atoms with Crippen molar-refractivity contribution in [2.75, 3.05) is 0 Å². The molecule has 0 saturated carbocycles. The maximum atomic E-state index is 11.4. The Bertz CT molecular complexity index is 274. The van der Waals surface area contributed by atoms with E-state index >= 15 is 0 Å². The van der Waals surface area contributed by atoms with Crippen molar-refractivity contribution in [2.24, 2.45) is 5.92 Å². The van der Waals surface area contributed by atoms with Gasteiger partial charge in [-0.2, -0.15) is 0 Å². The SMILES string of the molecule is CCC[C@@](C)(O)[C@@H](O)[C@@]1(C)C[C@@H](C)C(=O)O1. The second-order valence-corrected chi connectivity index (χ2v) is 5.35. The summed E-state index contributed by atoms with van der Waals surface area (Å²) in [5.41, 5.74) is -2.18. The summed E-state index contributed by atoms with van der Waals surface area (Å²) in [5.74, 6) is -0.508. The molecule has 1 saturated heterocycles. The third-order valence-electron chi connectivity index (χ3n) is 3.37. The van der Waals surface area contributed by atoms with Gasteiger partial charge in [0.25, 0.3) is 0 Å². The quantitative estimate of drug-likeness (QED) is 0.713. The summed E-state index contributed by atoms with van der Waals surface area (Å²) in [6.07, 6.45) is 0.653. The van der Waals surface area contributed by atoms with E-state index in [9.17, 15) is 15.0 Å². The van der Waals surface area contributed by atoms with Crippen LogP contribution < -0.4 is 0 Å². The van der Waals surface area contributed by atoms with Crippen molar-refractivity contribution in [3.63, 3.8) is 0 Å². The molecule has 0 aliphatic carbocycles. The molecule has 94 valence electrons. The maximum absolute atomic E-state index is 11.4. The minimum Gasteiger partial charge on any atom is -0.456 e. The molecule has 4 atom stereocenters. The molecule has 1 fully saturated rings. The highest BCUT2D eigenvalue weighted by atomic mass is 16.6. The van der Waals surface area contributed by atoms with E-state index in [1.165, 1.54) is 0 Å². The van der Waals surface area contributed by atoms with E-state index in [0.29, 0.717) is 12.8 Å². The standard InChI is InChI=1S/C12H22O4/c1-5-6-11(3,15)10(14)12(4)7-8(2)9(13)16-12/h8,10,14-15H,5-7H2,1-4H3/t8-,10-,11-,12-/m1/s1. The monoisotopic (exact) mass is 230 g/mol. The zero-order valence-electron chi connectivity index (χ0n) is 10.5. The van der Waals surface area contributed by atoms with Crippen molar-refractivity contribution in [3.05, 3.63) is 0 Å². The molecule has 0 radical (unpaired) electrons. The van der Waals surface area contributed by atoms with Crippen LogP contribution in [0.3, 0.4) is 0 Å². The van der Waals surface area contributed by atoms with Gasteiger partial charge in [-0.25, -0.2) is 0 Å². The zero-order valence-corrected chi connectivity index (χ0v) is 10.5. The number of ether oxygens (including phenoxy) is 1. The molecule has 4 heteroatoms. The Morgan fingerprint density at radius 1 is 1.69 bits per heavy atom. The summed E-state index contributed by atoms with van der Waals surface area (Å²) in [5, 5.41) is 20.3. The first-order valence-electron chi connectivity index (χ1n) is 5.86. The molecule has 0 spiro atoms. The Kier molecular flexibility index (Phi) is 3.65. The smallest absolute Gasteiger partial charge is 0.309 e. The molecule has 0 amide bonds. The summed E-state index contributed by atoms with van der Waals surface area (Å²) in [6.45, 7) is 6.98. The number of hydrogen-bond acceptors (Lipinski definition) is 4. The molecule has 1 heterocycles. The van der Waals surface area contributed by atoms with Gasteiger partial charge in [0.1, 0.15) is 11.7 Å². The van der Waals surface area contributed by atoms with Crippen molar-refractivity contribution >= 4 is 5.97 Å². The number of rotatable bonds is 4. The van der Waals surface area contributed by atoms with Gasteiger partial charge in [-0.15, -0.1) is 0 Å². The minimum absolute atomic E-state index is 0.211. The number of carbonyl (C=O) groups excluding carboxylic acids is 1. The molecule has 1 aliphatic heterocycles. The summed E-state index contributed by atoms with van der Waals surface area (Å²) >= 11 is 0. The number of aliphatic hydroxyl groups excluding tert-OH is 1. The summed E-state index contributed by atoms with van der Waals surface area (Å²) < 4.78 is 5.21. The Labute approximate surface area is 96.6 Å². The van der Waals surface area contributed by atoms with Crippen LogP contribution in [0.1, 0.15) is 47.0 Å². The van der Waals surface area contributed by atoms with Gasteiger partial charge in [-0.1, -0.05) is 20.3 Å². The fourth-order valence-corrected chi connectivity index (χ4v) is 2.53. The van der Waals surface area contributed by atoms with Crippen LogP contribution in [0.2, 0.25) is 0 Å². The van der Waals surface area contributed by atoms with Gasteiger partial charge < -0.3 is 14.9 Å². The first-order valence-corrected chi connectivity index (χ1v) is 5.86. The van der Waals surface area contributed by atoms with Crippen molar-refractivity contribution in [2.45, 2.75) is 64.3 Å². The van der Waals surface area contributed by atoms with Gasteiger partial charge in [-0.05, 0) is 20.3 Å². The predicted octanol–water partition coefficient (Wildman–Crippen LogP) is 1.24. The van der Waals surface area contributed by atoms with E-state index in [-0.39, 0.29) is 11.9 Å². The molecule has 0 unspecified atom stereocenters. The highest BCUT2D eigenvalue weighted by molar-refractivity contribution is 5.75. The van der Waals surface area contributed by atoms with Gasteiger partial charge in [0, 0.05) is 6.42 Å². The highest BCUT2D eigenvalue weighted by Gasteiger charge is 2.52. The Morgan fingerprint density at radius 3 is 2.62 bits per heavy atom. The lowest BCUT2D eigenvalue weighted by Crippen LogP contribution is -2.53. The Morgan fingerprint density at radius 2 is 2.25 bits per heavy atom. The average Bonchev–Trinajstić information content (AvgIpc) is 2.41. The number of hydrogen-bond donors (Lipinski definition) is 2. The number of aliphatic hydroxyl groups is 2. The van der Waals surface area contributed by atoms with Crippen LogP contribution in [0.15, 0.2) is 0 Å². The summed E-state index contributed by atoms with van der Waals surface area (Å²) in [7, 11) is 0. The van der Waals surface area contributed by atoms with Crippen molar-refractivity contribution in [3.8, 4) is 0 Å². The molecule has 0 bridgehead atoms. The number of cyclic esters (lactones) is 1. The Hall–Kier alpha value is -0.610. The van der Waals surface area contributed by atoms with E-state index in [1.54, 1.807) is 20.8 Å². The van der Waals surface area contributed by atoms with Crippen LogP contribution in [0.4, 0.5) is 0 Å². The third kappa shape index (κ3) is 2.38. The van der Waals surface area contributed by atoms with Gasteiger partial charge in [0.2, 0.25) is 0 Å². The highest BCUT2D eigenvalue weighted by Crippen LogP contribution is 2.38. The van der Waals surface area contributed by atoms with Gasteiger partial charge in [0.15, 0.2) is 0 Å². The van der Waals surface area contributed by atoms with Crippen LogP contribution in [0, 0.1) is 5.92 Å². The van der Waals surface area contributed by atoms with Crippen LogP contribution in [-0.2, 0) is 9.53 Å². The van der Waals surface area contributed by atoms with Gasteiger partial charge in [0.05, 0.1) is 11.5 Å². The van der Waals surface area contributed by atoms with Gasteiger partial charge in [-0.3, -0.25) is 4.79 Å². The Balaban J connectivity index is 2.81. The summed E-state index contributed by atoms with van der Waals surface area (Å²) in [6, 6.07) is 0. The molecule has 1 aliphatic rings. The van der Waals surface area contributed by atoms with Crippen molar-refractivity contribution in [1.82, 2.24) is 0 Å². The molecular formula is C12H22O4. The first kappa shape index (κ1) is 13.5. The molecule has 0 aromatic heterocycles. The number of esters is 1. The van der Waals surface area contributed by atoms with Crippen molar-refractivity contribution < 1.29 is 19.7 Å². The second-order valence-electron chi connectivity index (χ2n) is 5.35. The molecule has 0 aromatic carbocycles. The second kappa shape index (κ2) is 4.34. The normalized spacial score (nSPS) is 35.6. The largest absolute Gasteiger partial charge is 0.456 e. The third-order valence-corrected chi connectivity index (χ3v) is 3.37. The lowest BCUT2D eigenvalue weighted by molar-refractivity contribution is -0.180. The zero-order chi connectivity index (χ0) is 12.6. The number of carbonyl (C=O) groups is 1. The topological polar surface area (TPSA) is 66.8 Å². The molecule has 16 heavy (non-hydrogen) atoms. The fourth-order valence-electron chi connectivity index (χ4n) is 2.53. The molecule has 2 N–H and O–H groups in total. The van der Waals surface area contributed by atoms with E-state index in [0.717, 1.165) is 6.42 Å². The summed E-state index contributed by atoms with van der Waals surface area (Å²) in [4.78, 5) is 11.4. The molecular weight excluding hydrogens is 208 g/mol. The van der Waals surface area contributed by atoms with E-state index in [2.05, 4.69) is 0 Å². The van der Waals surface area contributed by atoms with Crippen LogP contribution >= 0.6 is 0 Å². The van der Waals surface area contributed by atoms with E-state index < -0.39 is 17.3 Å². The van der Waals surface area contributed by atoms with Crippen LogP contribution in [0.25, 0.3) is 0 Å². The van der Waals surface area contributed by atoms with Crippen LogP contribution in [-0.4, -0.2) is 33.5 Å². The van der Waals surface area contributed by atoms with Crippen molar-refractivity contribution in [1.29, 1.82) is 0 Å². The minimum atomic E-state index is -1.21. The molecule has 4 nitrogen and oxygen atoms in total. The molecule has 0 aromatic rings. The fraction of sp³-hybridized carbons (Fsp3) is 0.917. The average molecular weight is 230 g/mol. The predicted molar refractivity (Wildman–Crippen MR) is 59.8 cm³/mol. The lowest BCUT2D eigenvalue weighted by atomic mass is 9.80. The first-order chi connectivity index (χ1) is 7.23.